The molecule has 0 saturated carbocycles. The molecule has 1 saturated heterocycles. The van der Waals surface area contributed by atoms with Gasteiger partial charge in [-0.25, -0.2) is 8.42 Å². The average Bonchev–Trinajstić information content (AvgIpc) is 3.22. The number of hydrogen-bond acceptors (Lipinski definition) is 8. The van der Waals surface area contributed by atoms with Crippen molar-refractivity contribution >= 4 is 15.8 Å². The van der Waals surface area contributed by atoms with Crippen LogP contribution in [0.1, 0.15) is 19.8 Å². The number of rotatable bonds is 6. The van der Waals surface area contributed by atoms with Gasteiger partial charge in [-0.2, -0.15) is 0 Å². The van der Waals surface area contributed by atoms with Gasteiger partial charge < -0.3 is 24.3 Å². The first-order chi connectivity index (χ1) is 14.5. The first kappa shape index (κ1) is 20.5. The van der Waals surface area contributed by atoms with Crippen LogP contribution < -0.4 is 19.5 Å². The molecule has 2 heterocycles. The minimum absolute atomic E-state index is 0.0653. The largest absolute Gasteiger partial charge is 0.465 e. The van der Waals surface area contributed by atoms with Gasteiger partial charge in [-0.3, -0.25) is 4.79 Å². The Morgan fingerprint density at radius 1 is 1.03 bits per heavy atom. The summed E-state index contributed by atoms with van der Waals surface area (Å²) in [6.07, 6.45) is 0.341. The number of esters is 1. The number of fused-ring (bicyclic) bond motifs is 1. The monoisotopic (exact) mass is 433 g/mol. The zero-order valence-corrected chi connectivity index (χ0v) is 17.4. The van der Waals surface area contributed by atoms with Crippen molar-refractivity contribution in [2.24, 2.45) is 0 Å². The van der Waals surface area contributed by atoms with Crippen molar-refractivity contribution in [3.63, 3.8) is 0 Å². The maximum absolute atomic E-state index is 13.4. The van der Waals surface area contributed by atoms with Crippen molar-refractivity contribution in [2.45, 2.75) is 29.4 Å². The number of benzene rings is 2. The minimum atomic E-state index is -3.95. The first-order valence-corrected chi connectivity index (χ1v) is 11.2. The van der Waals surface area contributed by atoms with Gasteiger partial charge in [0.05, 0.1) is 11.5 Å². The molecule has 0 aliphatic carbocycles. The summed E-state index contributed by atoms with van der Waals surface area (Å²) in [6.45, 7) is 2.84. The molecule has 2 aliphatic rings. The Morgan fingerprint density at radius 3 is 2.40 bits per heavy atom. The van der Waals surface area contributed by atoms with E-state index in [9.17, 15) is 13.2 Å². The number of hydrogen-bond donors (Lipinski definition) is 1. The fourth-order valence-corrected chi connectivity index (χ4v) is 5.63. The van der Waals surface area contributed by atoms with E-state index >= 15 is 0 Å². The molecule has 160 valence electrons. The highest BCUT2D eigenvalue weighted by atomic mass is 32.2. The third-order valence-corrected chi connectivity index (χ3v) is 7.78. The predicted molar refractivity (Wildman–Crippen MR) is 108 cm³/mol. The molecule has 0 atom stereocenters. The summed E-state index contributed by atoms with van der Waals surface area (Å²) in [5.41, 5.74) is 0. The molecule has 30 heavy (non-hydrogen) atoms. The average molecular weight is 433 g/mol. The van der Waals surface area contributed by atoms with Crippen LogP contribution in [0.25, 0.3) is 0 Å². The summed E-state index contributed by atoms with van der Waals surface area (Å²) in [7, 11) is -3.95. The maximum Gasteiger partial charge on any atom is 0.327 e. The Hall–Kier alpha value is -2.78. The van der Waals surface area contributed by atoms with Gasteiger partial charge in [0.1, 0.15) is 11.5 Å². The molecular weight excluding hydrogens is 410 g/mol. The second kappa shape index (κ2) is 8.16. The summed E-state index contributed by atoms with van der Waals surface area (Å²) >= 11 is 0. The quantitative estimate of drug-likeness (QED) is 0.694. The van der Waals surface area contributed by atoms with E-state index in [1.165, 1.54) is 12.1 Å². The van der Waals surface area contributed by atoms with E-state index in [1.54, 1.807) is 37.3 Å². The predicted octanol–water partition coefficient (Wildman–Crippen LogP) is 2.67. The fraction of sp³-hybridized carbons (Fsp3) is 0.381. The summed E-state index contributed by atoms with van der Waals surface area (Å²) in [5, 5.41) is 3.10. The molecule has 9 heteroatoms. The van der Waals surface area contributed by atoms with Gasteiger partial charge in [0.2, 0.25) is 6.79 Å². The van der Waals surface area contributed by atoms with E-state index in [0.29, 0.717) is 36.1 Å². The van der Waals surface area contributed by atoms with Gasteiger partial charge >= 0.3 is 5.97 Å². The highest BCUT2D eigenvalue weighted by Crippen LogP contribution is 2.38. The first-order valence-electron chi connectivity index (χ1n) is 9.76. The van der Waals surface area contributed by atoms with Crippen LogP contribution in [0.15, 0.2) is 47.4 Å². The lowest BCUT2D eigenvalue weighted by atomic mass is 9.97. The summed E-state index contributed by atoms with van der Waals surface area (Å²) in [4.78, 5) is 12.7. The summed E-state index contributed by atoms with van der Waals surface area (Å²) in [5.74, 6) is 1.55. The fourth-order valence-electron chi connectivity index (χ4n) is 3.66. The van der Waals surface area contributed by atoms with E-state index in [0.717, 1.165) is 0 Å². The normalized spacial score (nSPS) is 17.4. The van der Waals surface area contributed by atoms with Gasteiger partial charge in [-0.15, -0.1) is 0 Å². The molecule has 0 spiro atoms. The van der Waals surface area contributed by atoms with Crippen molar-refractivity contribution in [2.75, 3.05) is 26.5 Å². The Bertz CT molecular complexity index is 1030. The van der Waals surface area contributed by atoms with Crippen LogP contribution in [0.4, 0.5) is 0 Å². The van der Waals surface area contributed by atoms with Crippen LogP contribution in [-0.4, -0.2) is 45.6 Å². The molecule has 4 rings (SSSR count). The number of nitrogens with one attached hydrogen (secondary N) is 1. The number of ether oxygens (including phenoxy) is 4. The second-order valence-corrected chi connectivity index (χ2v) is 9.32. The molecule has 0 amide bonds. The number of piperidine rings is 1. The summed E-state index contributed by atoms with van der Waals surface area (Å²) in [6, 6.07) is 11.2. The second-order valence-electron chi connectivity index (χ2n) is 7.06. The molecule has 2 aromatic carbocycles. The van der Waals surface area contributed by atoms with E-state index < -0.39 is 20.6 Å². The highest BCUT2D eigenvalue weighted by Gasteiger charge is 2.53. The zero-order chi connectivity index (χ0) is 21.2. The molecule has 2 aliphatic heterocycles. The van der Waals surface area contributed by atoms with Crippen molar-refractivity contribution in [3.8, 4) is 23.0 Å². The third kappa shape index (κ3) is 3.59. The molecular formula is C21H23NO7S. The topological polar surface area (TPSA) is 100 Å². The van der Waals surface area contributed by atoms with Crippen LogP contribution in [0, 0.1) is 0 Å². The van der Waals surface area contributed by atoms with E-state index in [1.807, 2.05) is 0 Å². The molecule has 0 radical (unpaired) electrons. The molecule has 1 fully saturated rings. The lowest BCUT2D eigenvalue weighted by molar-refractivity contribution is -0.147. The molecule has 0 aromatic heterocycles. The molecule has 2 aromatic rings. The highest BCUT2D eigenvalue weighted by molar-refractivity contribution is 7.93. The van der Waals surface area contributed by atoms with E-state index in [2.05, 4.69) is 5.32 Å². The van der Waals surface area contributed by atoms with Gasteiger partial charge in [0, 0.05) is 6.07 Å². The smallest absolute Gasteiger partial charge is 0.327 e. The standard InChI is InChI=1S/C21H23NO7S/c1-2-26-20(23)21(9-11-22-12-10-21)30(24,25)17-6-3-15(4-7-17)29-16-5-8-18-19(13-16)28-14-27-18/h3-8,13,22H,2,9-12,14H2,1H3. The molecule has 1 N–H and O–H groups in total. The Balaban J connectivity index is 1.58. The van der Waals surface area contributed by atoms with Gasteiger partial charge in [-0.05, 0) is 69.3 Å². The van der Waals surface area contributed by atoms with Crippen LogP contribution in [0.2, 0.25) is 0 Å². The van der Waals surface area contributed by atoms with Crippen LogP contribution in [-0.2, 0) is 19.4 Å². The Kier molecular flexibility index (Phi) is 5.57. The van der Waals surface area contributed by atoms with Gasteiger partial charge in [0.25, 0.3) is 0 Å². The van der Waals surface area contributed by atoms with E-state index in [4.69, 9.17) is 18.9 Å². The van der Waals surface area contributed by atoms with Crippen LogP contribution in [0.3, 0.4) is 0 Å². The minimum Gasteiger partial charge on any atom is -0.465 e. The van der Waals surface area contributed by atoms with Crippen molar-refractivity contribution in [1.29, 1.82) is 0 Å². The van der Waals surface area contributed by atoms with Crippen LogP contribution >= 0.6 is 0 Å². The molecule has 0 unspecified atom stereocenters. The summed E-state index contributed by atoms with van der Waals surface area (Å²) < 4.78 is 46.8. The van der Waals surface area contributed by atoms with E-state index in [-0.39, 0.29) is 31.1 Å². The van der Waals surface area contributed by atoms with Crippen LogP contribution in [0.5, 0.6) is 23.0 Å². The van der Waals surface area contributed by atoms with Gasteiger partial charge in [0.15, 0.2) is 26.1 Å². The molecule has 0 bridgehead atoms. The number of carbonyl (C=O) groups is 1. The lowest BCUT2D eigenvalue weighted by Crippen LogP contribution is -2.54. The third-order valence-electron chi connectivity index (χ3n) is 5.29. The number of sulfone groups is 1. The molecule has 8 nitrogen and oxygen atoms in total. The maximum atomic E-state index is 13.4. The van der Waals surface area contributed by atoms with Crippen molar-refractivity contribution < 1.29 is 32.2 Å². The zero-order valence-electron chi connectivity index (χ0n) is 16.6. The Morgan fingerprint density at radius 2 is 1.70 bits per heavy atom. The number of carbonyl (C=O) groups excluding carboxylic acids is 1. The van der Waals surface area contributed by atoms with Gasteiger partial charge in [-0.1, -0.05) is 0 Å². The van der Waals surface area contributed by atoms with Crippen molar-refractivity contribution in [3.05, 3.63) is 42.5 Å². The Labute approximate surface area is 175 Å². The van der Waals surface area contributed by atoms with Crippen molar-refractivity contribution in [1.82, 2.24) is 5.32 Å². The lowest BCUT2D eigenvalue weighted by Gasteiger charge is -2.34. The SMILES string of the molecule is CCOC(=O)C1(S(=O)(=O)c2ccc(Oc3ccc4c(c3)OCO4)cc2)CCNCC1.